The summed E-state index contributed by atoms with van der Waals surface area (Å²) in [6.45, 7) is 1.77. The fourth-order valence-electron chi connectivity index (χ4n) is 1.89. The minimum Gasteiger partial charge on any atom is -0.402 e. The molecule has 1 unspecified atom stereocenters. The Bertz CT molecular complexity index is 415. The van der Waals surface area contributed by atoms with E-state index in [2.05, 4.69) is 0 Å². The Morgan fingerprint density at radius 2 is 1.93 bits per heavy atom. The molecular weight excluding hydrogens is 186 g/mol. The fourth-order valence-corrected chi connectivity index (χ4v) is 1.89. The summed E-state index contributed by atoms with van der Waals surface area (Å²) >= 11 is 0. The third-order valence-electron chi connectivity index (χ3n) is 2.48. The molecule has 0 bridgehead atoms. The Balaban J connectivity index is 2.42. The van der Waals surface area contributed by atoms with Crippen molar-refractivity contribution < 1.29 is 5.11 Å². The van der Waals surface area contributed by atoms with E-state index in [0.29, 0.717) is 6.42 Å². The maximum absolute atomic E-state index is 9.98. The van der Waals surface area contributed by atoms with Gasteiger partial charge in [-0.25, -0.2) is 0 Å². The molecule has 2 nitrogen and oxygen atoms in total. The van der Waals surface area contributed by atoms with Gasteiger partial charge >= 0.3 is 0 Å². The first-order chi connectivity index (χ1) is 7.07. The molecule has 0 radical (unpaired) electrons. The van der Waals surface area contributed by atoms with Gasteiger partial charge in [0.15, 0.2) is 0 Å². The molecule has 0 saturated heterocycles. The van der Waals surface area contributed by atoms with Gasteiger partial charge < -0.3 is 10.8 Å². The number of rotatable bonds is 1. The van der Waals surface area contributed by atoms with E-state index in [1.807, 2.05) is 42.5 Å². The Hall–Kier alpha value is -1.54. The highest BCUT2D eigenvalue weighted by molar-refractivity contribution is 5.76. The van der Waals surface area contributed by atoms with E-state index in [1.54, 1.807) is 6.92 Å². The average molecular weight is 201 g/mol. The first-order valence-electron chi connectivity index (χ1n) is 5.03. The second-order valence-corrected chi connectivity index (χ2v) is 4.22. The molecule has 2 heteroatoms. The smallest absolute Gasteiger partial charge is 0.0862 e. The zero-order valence-corrected chi connectivity index (χ0v) is 8.77. The number of nitrogens with two attached hydrogens (primary N) is 1. The van der Waals surface area contributed by atoms with Gasteiger partial charge in [0, 0.05) is 12.1 Å². The Kier molecular flexibility index (Phi) is 2.37. The van der Waals surface area contributed by atoms with Crippen molar-refractivity contribution in [1.29, 1.82) is 0 Å². The molecule has 0 aromatic heterocycles. The maximum atomic E-state index is 9.98. The van der Waals surface area contributed by atoms with Crippen LogP contribution in [-0.2, 0) is 0 Å². The highest BCUT2D eigenvalue weighted by atomic mass is 16.3. The second kappa shape index (κ2) is 3.55. The van der Waals surface area contributed by atoms with E-state index < -0.39 is 5.60 Å². The summed E-state index contributed by atoms with van der Waals surface area (Å²) < 4.78 is 0. The number of benzene rings is 1. The van der Waals surface area contributed by atoms with Crippen LogP contribution in [0.25, 0.3) is 5.57 Å². The molecule has 1 atom stereocenters. The lowest BCUT2D eigenvalue weighted by Gasteiger charge is -2.25. The molecule has 1 aromatic rings. The van der Waals surface area contributed by atoms with Gasteiger partial charge in [0.1, 0.15) is 0 Å². The van der Waals surface area contributed by atoms with Crippen molar-refractivity contribution >= 4 is 5.57 Å². The van der Waals surface area contributed by atoms with Crippen LogP contribution in [0.5, 0.6) is 0 Å². The quantitative estimate of drug-likeness (QED) is 0.730. The summed E-state index contributed by atoms with van der Waals surface area (Å²) in [4.78, 5) is 0. The molecule has 3 N–H and O–H groups in total. The van der Waals surface area contributed by atoms with Crippen molar-refractivity contribution in [3.8, 4) is 0 Å². The molecule has 0 aliphatic heterocycles. The lowest BCUT2D eigenvalue weighted by atomic mass is 9.88. The zero-order chi connectivity index (χ0) is 10.9. The molecule has 78 valence electrons. The predicted octanol–water partition coefficient (Wildman–Crippen LogP) is 2.07. The summed E-state index contributed by atoms with van der Waals surface area (Å²) in [5.41, 5.74) is 7.77. The minimum absolute atomic E-state index is 0.503. The molecule has 1 aliphatic carbocycles. The second-order valence-electron chi connectivity index (χ2n) is 4.22. The van der Waals surface area contributed by atoms with Gasteiger partial charge in [0.2, 0.25) is 0 Å². The van der Waals surface area contributed by atoms with Gasteiger partial charge in [-0.1, -0.05) is 30.3 Å². The number of hydrogen-bond acceptors (Lipinski definition) is 2. The predicted molar refractivity (Wildman–Crippen MR) is 61.9 cm³/mol. The Morgan fingerprint density at radius 3 is 2.53 bits per heavy atom. The van der Waals surface area contributed by atoms with E-state index in [1.165, 1.54) is 0 Å². The molecule has 0 heterocycles. The zero-order valence-electron chi connectivity index (χ0n) is 8.77. The topological polar surface area (TPSA) is 46.2 Å². The van der Waals surface area contributed by atoms with Crippen LogP contribution < -0.4 is 5.73 Å². The molecule has 2 rings (SSSR count). The van der Waals surface area contributed by atoms with Gasteiger partial charge in [-0.2, -0.15) is 0 Å². The van der Waals surface area contributed by atoms with Crippen molar-refractivity contribution in [2.45, 2.75) is 18.9 Å². The van der Waals surface area contributed by atoms with Crippen molar-refractivity contribution in [3.63, 3.8) is 0 Å². The largest absolute Gasteiger partial charge is 0.402 e. The third kappa shape index (κ3) is 2.28. The van der Waals surface area contributed by atoms with Crippen molar-refractivity contribution in [2.24, 2.45) is 5.73 Å². The van der Waals surface area contributed by atoms with Gasteiger partial charge in [0.25, 0.3) is 0 Å². The first-order valence-corrected chi connectivity index (χ1v) is 5.03. The molecule has 1 aliphatic rings. The van der Waals surface area contributed by atoms with E-state index >= 15 is 0 Å². The molecular formula is C13H15NO. The summed E-state index contributed by atoms with van der Waals surface area (Å²) in [7, 11) is 0. The maximum Gasteiger partial charge on any atom is 0.0862 e. The lowest BCUT2D eigenvalue weighted by Crippen LogP contribution is -2.26. The SMILES string of the molecule is CC1(O)C=C(c2ccccc2)C=C(N)C1. The summed E-state index contributed by atoms with van der Waals surface area (Å²) in [6.07, 6.45) is 4.29. The van der Waals surface area contributed by atoms with Crippen LogP contribution in [0.15, 0.2) is 48.2 Å². The van der Waals surface area contributed by atoms with Crippen LogP contribution in [-0.4, -0.2) is 10.7 Å². The van der Waals surface area contributed by atoms with Crippen LogP contribution in [0.2, 0.25) is 0 Å². The molecule has 0 saturated carbocycles. The van der Waals surface area contributed by atoms with E-state index in [4.69, 9.17) is 5.73 Å². The van der Waals surface area contributed by atoms with E-state index in [9.17, 15) is 5.11 Å². The molecule has 0 spiro atoms. The Labute approximate surface area is 89.7 Å². The van der Waals surface area contributed by atoms with Gasteiger partial charge in [-0.05, 0) is 30.2 Å². The van der Waals surface area contributed by atoms with Gasteiger partial charge in [-0.3, -0.25) is 0 Å². The fraction of sp³-hybridized carbons (Fsp3) is 0.231. The van der Waals surface area contributed by atoms with Crippen LogP contribution in [0.3, 0.4) is 0 Å². The van der Waals surface area contributed by atoms with Crippen LogP contribution in [0.4, 0.5) is 0 Å². The summed E-state index contributed by atoms with van der Waals surface area (Å²) in [5, 5.41) is 9.98. The van der Waals surface area contributed by atoms with Crippen LogP contribution >= 0.6 is 0 Å². The average Bonchev–Trinajstić information content (AvgIpc) is 2.16. The van der Waals surface area contributed by atoms with Crippen LogP contribution in [0, 0.1) is 0 Å². The molecule has 0 amide bonds. The number of aliphatic hydroxyl groups is 1. The van der Waals surface area contributed by atoms with Gasteiger partial charge in [-0.15, -0.1) is 0 Å². The first kappa shape index (κ1) is 9.99. The van der Waals surface area contributed by atoms with Crippen molar-refractivity contribution in [1.82, 2.24) is 0 Å². The normalized spacial score (nSPS) is 25.7. The lowest BCUT2D eigenvalue weighted by molar-refractivity contribution is 0.111. The molecule has 15 heavy (non-hydrogen) atoms. The molecule has 1 aromatic carbocycles. The summed E-state index contributed by atoms with van der Waals surface area (Å²) in [6, 6.07) is 9.94. The molecule has 0 fully saturated rings. The van der Waals surface area contributed by atoms with Crippen molar-refractivity contribution in [2.75, 3.05) is 0 Å². The summed E-state index contributed by atoms with van der Waals surface area (Å²) in [5.74, 6) is 0. The number of hydrogen-bond donors (Lipinski definition) is 2. The minimum atomic E-state index is -0.829. The van der Waals surface area contributed by atoms with E-state index in [0.717, 1.165) is 16.8 Å². The van der Waals surface area contributed by atoms with E-state index in [-0.39, 0.29) is 0 Å². The highest BCUT2D eigenvalue weighted by Gasteiger charge is 2.23. The monoisotopic (exact) mass is 201 g/mol. The van der Waals surface area contributed by atoms with Crippen molar-refractivity contribution in [3.05, 3.63) is 53.7 Å². The standard InChI is InChI=1S/C13H15NO/c1-13(15)8-11(7-12(14)9-13)10-5-3-2-4-6-10/h2-8,15H,9,14H2,1H3. The highest BCUT2D eigenvalue weighted by Crippen LogP contribution is 2.29. The third-order valence-corrected chi connectivity index (χ3v) is 2.48. The number of allylic oxidation sites excluding steroid dienone is 2. The van der Waals surface area contributed by atoms with Crippen LogP contribution in [0.1, 0.15) is 18.9 Å². The van der Waals surface area contributed by atoms with Gasteiger partial charge in [0.05, 0.1) is 5.60 Å². The Morgan fingerprint density at radius 1 is 1.27 bits per heavy atom.